The number of nitrogens with one attached hydrogen (secondary N) is 1. The van der Waals surface area contributed by atoms with Crippen molar-refractivity contribution in [1.29, 1.82) is 0 Å². The summed E-state index contributed by atoms with van der Waals surface area (Å²) in [5, 5.41) is 22.8. The van der Waals surface area contributed by atoms with Crippen LogP contribution in [-0.2, 0) is 11.2 Å². The predicted molar refractivity (Wildman–Crippen MR) is 89.6 cm³/mol. The van der Waals surface area contributed by atoms with Crippen molar-refractivity contribution in [1.82, 2.24) is 19.5 Å². The number of ether oxygens (including phenoxy) is 1. The van der Waals surface area contributed by atoms with Crippen molar-refractivity contribution >= 4 is 17.1 Å². The largest absolute Gasteiger partial charge is 0.394 e. The lowest BCUT2D eigenvalue weighted by Gasteiger charge is -2.20. The first-order valence-corrected chi connectivity index (χ1v) is 8.11. The van der Waals surface area contributed by atoms with Crippen molar-refractivity contribution in [2.24, 2.45) is 5.92 Å². The SMILES string of the molecule is C=CCC1C(O)C(CO)OC1n1cnc2c(CC)nc(NC)nc21. The summed E-state index contributed by atoms with van der Waals surface area (Å²) in [4.78, 5) is 13.4. The highest BCUT2D eigenvalue weighted by atomic mass is 16.5. The van der Waals surface area contributed by atoms with Gasteiger partial charge in [-0.1, -0.05) is 13.0 Å². The third-order valence-electron chi connectivity index (χ3n) is 4.45. The lowest BCUT2D eigenvalue weighted by atomic mass is 9.96. The van der Waals surface area contributed by atoms with Crippen LogP contribution in [0.25, 0.3) is 11.2 Å². The molecule has 0 aliphatic carbocycles. The molecular formula is C16H23N5O3. The molecule has 1 aliphatic heterocycles. The van der Waals surface area contributed by atoms with Crippen LogP contribution >= 0.6 is 0 Å². The summed E-state index contributed by atoms with van der Waals surface area (Å²) in [7, 11) is 1.76. The third kappa shape index (κ3) is 2.66. The monoisotopic (exact) mass is 333 g/mol. The van der Waals surface area contributed by atoms with E-state index in [9.17, 15) is 10.2 Å². The van der Waals surface area contributed by atoms with Crippen LogP contribution in [-0.4, -0.2) is 55.6 Å². The second kappa shape index (κ2) is 6.84. The van der Waals surface area contributed by atoms with E-state index in [2.05, 4.69) is 26.8 Å². The zero-order valence-electron chi connectivity index (χ0n) is 13.9. The van der Waals surface area contributed by atoms with E-state index in [1.807, 2.05) is 11.5 Å². The zero-order valence-corrected chi connectivity index (χ0v) is 13.9. The molecule has 0 saturated carbocycles. The van der Waals surface area contributed by atoms with Crippen LogP contribution in [0.2, 0.25) is 0 Å². The van der Waals surface area contributed by atoms with E-state index < -0.39 is 18.4 Å². The maximum atomic E-state index is 10.4. The van der Waals surface area contributed by atoms with Crippen molar-refractivity contribution in [3.63, 3.8) is 0 Å². The topological polar surface area (TPSA) is 105 Å². The molecule has 0 spiro atoms. The fraction of sp³-hybridized carbons (Fsp3) is 0.562. The van der Waals surface area contributed by atoms with Gasteiger partial charge in [-0.2, -0.15) is 4.98 Å². The quantitative estimate of drug-likeness (QED) is 0.674. The van der Waals surface area contributed by atoms with Crippen LogP contribution < -0.4 is 5.32 Å². The summed E-state index contributed by atoms with van der Waals surface area (Å²) in [5.41, 5.74) is 2.22. The lowest BCUT2D eigenvalue weighted by molar-refractivity contribution is -0.0449. The molecule has 0 bridgehead atoms. The van der Waals surface area contributed by atoms with Crippen molar-refractivity contribution in [2.75, 3.05) is 19.0 Å². The summed E-state index contributed by atoms with van der Waals surface area (Å²) < 4.78 is 7.69. The predicted octanol–water partition coefficient (Wildman–Crippen LogP) is 0.873. The Balaban J connectivity index is 2.09. The molecule has 3 rings (SSSR count). The highest BCUT2D eigenvalue weighted by Gasteiger charge is 2.44. The first-order chi connectivity index (χ1) is 11.6. The van der Waals surface area contributed by atoms with Gasteiger partial charge in [-0.15, -0.1) is 6.58 Å². The Hall–Kier alpha value is -2.03. The number of anilines is 1. The molecule has 8 heteroatoms. The highest BCUT2D eigenvalue weighted by molar-refractivity contribution is 5.75. The Morgan fingerprint density at radius 3 is 2.88 bits per heavy atom. The van der Waals surface area contributed by atoms with Gasteiger partial charge in [-0.05, 0) is 12.8 Å². The number of nitrogens with zero attached hydrogens (tertiary/aromatic N) is 4. The number of hydrogen-bond acceptors (Lipinski definition) is 7. The van der Waals surface area contributed by atoms with Gasteiger partial charge in [0.2, 0.25) is 5.95 Å². The van der Waals surface area contributed by atoms with Gasteiger partial charge < -0.3 is 20.3 Å². The molecule has 0 aromatic carbocycles. The van der Waals surface area contributed by atoms with Crippen molar-refractivity contribution < 1.29 is 14.9 Å². The summed E-state index contributed by atoms with van der Waals surface area (Å²) in [5.74, 6) is 0.286. The number of aliphatic hydroxyl groups is 2. The van der Waals surface area contributed by atoms with Crippen LogP contribution in [0, 0.1) is 5.92 Å². The number of hydrogen-bond donors (Lipinski definition) is 3. The Kier molecular flexibility index (Phi) is 4.79. The van der Waals surface area contributed by atoms with Crippen LogP contribution in [0.15, 0.2) is 19.0 Å². The van der Waals surface area contributed by atoms with E-state index >= 15 is 0 Å². The molecule has 4 unspecified atom stereocenters. The van der Waals surface area contributed by atoms with E-state index in [1.54, 1.807) is 19.5 Å². The van der Waals surface area contributed by atoms with Gasteiger partial charge in [0.1, 0.15) is 17.8 Å². The molecule has 2 aromatic heterocycles. The molecule has 130 valence electrons. The van der Waals surface area contributed by atoms with E-state index in [0.717, 1.165) is 17.6 Å². The van der Waals surface area contributed by atoms with E-state index in [-0.39, 0.29) is 12.5 Å². The van der Waals surface area contributed by atoms with Gasteiger partial charge >= 0.3 is 0 Å². The smallest absolute Gasteiger partial charge is 0.224 e. The van der Waals surface area contributed by atoms with Gasteiger partial charge in [0, 0.05) is 13.0 Å². The number of aromatic nitrogens is 4. The van der Waals surface area contributed by atoms with Gasteiger partial charge in [0.05, 0.1) is 24.7 Å². The van der Waals surface area contributed by atoms with E-state index in [1.165, 1.54) is 0 Å². The standard InChI is InChI=1S/C16H23N5O3/c1-4-6-9-13(23)11(7-22)24-15(9)21-8-18-12-10(5-2)19-16(17-3)20-14(12)21/h4,8-9,11,13,15,22-23H,1,5-7H2,2-3H3,(H,17,19,20). The minimum atomic E-state index is -0.772. The minimum absolute atomic E-state index is 0.227. The molecule has 1 saturated heterocycles. The first-order valence-electron chi connectivity index (χ1n) is 8.11. The van der Waals surface area contributed by atoms with Crippen molar-refractivity contribution in [3.8, 4) is 0 Å². The molecule has 3 heterocycles. The molecule has 2 aromatic rings. The fourth-order valence-electron chi connectivity index (χ4n) is 3.20. The third-order valence-corrected chi connectivity index (χ3v) is 4.45. The Morgan fingerprint density at radius 2 is 2.25 bits per heavy atom. The Morgan fingerprint density at radius 1 is 1.46 bits per heavy atom. The van der Waals surface area contributed by atoms with E-state index in [0.29, 0.717) is 18.0 Å². The first kappa shape index (κ1) is 16.8. The molecule has 0 amide bonds. The van der Waals surface area contributed by atoms with Crippen molar-refractivity contribution in [2.45, 2.75) is 38.2 Å². The van der Waals surface area contributed by atoms with Crippen LogP contribution in [0.5, 0.6) is 0 Å². The summed E-state index contributed by atoms with van der Waals surface area (Å²) in [6.07, 6.45) is 2.82. The molecule has 24 heavy (non-hydrogen) atoms. The highest BCUT2D eigenvalue weighted by Crippen LogP contribution is 2.38. The number of imidazole rings is 1. The van der Waals surface area contributed by atoms with Gasteiger partial charge in [-0.25, -0.2) is 9.97 Å². The second-order valence-corrected chi connectivity index (χ2v) is 5.85. The van der Waals surface area contributed by atoms with Crippen molar-refractivity contribution in [3.05, 3.63) is 24.7 Å². The average Bonchev–Trinajstić information content (AvgIpc) is 3.16. The van der Waals surface area contributed by atoms with Crippen LogP contribution in [0.1, 0.15) is 25.3 Å². The maximum absolute atomic E-state index is 10.4. The molecular weight excluding hydrogens is 310 g/mol. The summed E-state index contributed by atoms with van der Waals surface area (Å²) in [6, 6.07) is 0. The Bertz CT molecular complexity index is 732. The van der Waals surface area contributed by atoms with E-state index in [4.69, 9.17) is 4.74 Å². The number of aryl methyl sites for hydroxylation is 1. The van der Waals surface area contributed by atoms with Crippen LogP contribution in [0.4, 0.5) is 5.95 Å². The number of allylic oxidation sites excluding steroid dienone is 1. The van der Waals surface area contributed by atoms with Gasteiger partial charge in [-0.3, -0.25) is 4.57 Å². The normalized spacial score (nSPS) is 26.8. The summed E-state index contributed by atoms with van der Waals surface area (Å²) >= 11 is 0. The van der Waals surface area contributed by atoms with Gasteiger partial charge in [0.15, 0.2) is 5.65 Å². The maximum Gasteiger partial charge on any atom is 0.224 e. The number of rotatable bonds is 6. The number of fused-ring (bicyclic) bond motifs is 1. The summed E-state index contributed by atoms with van der Waals surface area (Å²) in [6.45, 7) is 5.52. The molecule has 1 aliphatic rings. The molecule has 8 nitrogen and oxygen atoms in total. The second-order valence-electron chi connectivity index (χ2n) is 5.85. The molecule has 1 fully saturated rings. The Labute approximate surface area is 140 Å². The minimum Gasteiger partial charge on any atom is -0.394 e. The number of aliphatic hydroxyl groups excluding tert-OH is 2. The average molecular weight is 333 g/mol. The fourth-order valence-corrected chi connectivity index (χ4v) is 3.20. The van der Waals surface area contributed by atoms with Crippen LogP contribution in [0.3, 0.4) is 0 Å². The zero-order chi connectivity index (χ0) is 17.3. The van der Waals surface area contributed by atoms with Gasteiger partial charge in [0.25, 0.3) is 0 Å². The molecule has 0 radical (unpaired) electrons. The molecule has 4 atom stereocenters. The molecule has 3 N–H and O–H groups in total. The lowest BCUT2D eigenvalue weighted by Crippen LogP contribution is -2.29.